The number of amides is 1. The van der Waals surface area contributed by atoms with Crippen molar-refractivity contribution < 1.29 is 19.8 Å². The summed E-state index contributed by atoms with van der Waals surface area (Å²) in [5.74, 6) is -0.864. The quantitative estimate of drug-likeness (QED) is 0.759. The molecule has 5 nitrogen and oxygen atoms in total. The van der Waals surface area contributed by atoms with Gasteiger partial charge in [0.15, 0.2) is 0 Å². The zero-order chi connectivity index (χ0) is 15.4. The minimum absolute atomic E-state index is 0.0243. The third-order valence-electron chi connectivity index (χ3n) is 3.77. The fourth-order valence-electron chi connectivity index (χ4n) is 2.67. The number of piperidine rings is 1. The first-order valence-corrected chi connectivity index (χ1v) is 8.08. The van der Waals surface area contributed by atoms with Gasteiger partial charge in [-0.2, -0.15) is 0 Å². The van der Waals surface area contributed by atoms with Gasteiger partial charge in [0.25, 0.3) is 5.91 Å². The number of aromatic hydroxyl groups is 1. The lowest BCUT2D eigenvalue weighted by Gasteiger charge is -2.35. The summed E-state index contributed by atoms with van der Waals surface area (Å²) in [6.45, 7) is 0.649. The molecule has 0 spiro atoms. The Morgan fingerprint density at radius 1 is 1.33 bits per heavy atom. The maximum atomic E-state index is 12.6. The fraction of sp³-hybridized carbons (Fsp3) is 0.467. The Kier molecular flexibility index (Phi) is 5.44. The normalized spacial score (nSPS) is 18.5. The molecule has 0 bridgehead atoms. The van der Waals surface area contributed by atoms with Crippen LogP contribution in [0.5, 0.6) is 5.75 Å². The third kappa shape index (κ3) is 4.09. The molecule has 1 aromatic rings. The summed E-state index contributed by atoms with van der Waals surface area (Å²) in [5.41, 5.74) is 0.454. The number of likely N-dealkylation sites (tertiary alicyclic amines) is 1. The van der Waals surface area contributed by atoms with E-state index in [9.17, 15) is 14.7 Å². The summed E-state index contributed by atoms with van der Waals surface area (Å²) in [6.07, 6.45) is 3.36. The molecule has 1 aliphatic heterocycles. The molecular weight excluding hydrogens is 385 g/mol. The van der Waals surface area contributed by atoms with Crippen molar-refractivity contribution in [2.75, 3.05) is 6.54 Å². The Hall–Kier alpha value is -1.31. The Labute approximate surface area is 137 Å². The highest BCUT2D eigenvalue weighted by Gasteiger charge is 2.28. The van der Waals surface area contributed by atoms with Crippen molar-refractivity contribution in [3.63, 3.8) is 0 Å². The standard InChI is InChI=1S/C15H18INO4/c16-12-6-4-10(9-13(12)18)15(21)17-8-2-1-3-11(17)5-7-14(19)20/h4,6,9,11,18H,1-3,5,7-8H2,(H,19,20). The van der Waals surface area contributed by atoms with Crippen molar-refractivity contribution in [2.24, 2.45) is 0 Å². The maximum absolute atomic E-state index is 12.6. The van der Waals surface area contributed by atoms with Crippen LogP contribution < -0.4 is 0 Å². The van der Waals surface area contributed by atoms with E-state index in [4.69, 9.17) is 5.11 Å². The molecule has 1 aromatic carbocycles. The number of carboxylic acids is 1. The smallest absolute Gasteiger partial charge is 0.303 e. The van der Waals surface area contributed by atoms with Gasteiger partial charge >= 0.3 is 5.97 Å². The molecule has 114 valence electrons. The molecule has 6 heteroatoms. The number of aliphatic carboxylic acids is 1. The van der Waals surface area contributed by atoms with E-state index in [2.05, 4.69) is 0 Å². The number of benzene rings is 1. The zero-order valence-corrected chi connectivity index (χ0v) is 13.7. The van der Waals surface area contributed by atoms with Gasteiger partial charge in [0.1, 0.15) is 5.75 Å². The zero-order valence-electron chi connectivity index (χ0n) is 11.6. The van der Waals surface area contributed by atoms with Crippen LogP contribution in [0.25, 0.3) is 0 Å². The predicted molar refractivity (Wildman–Crippen MR) is 86.4 cm³/mol. The molecule has 1 saturated heterocycles. The van der Waals surface area contributed by atoms with Gasteiger partial charge in [-0.1, -0.05) is 0 Å². The number of carboxylic acid groups (broad SMARTS) is 1. The number of phenolic OH excluding ortho intramolecular Hbond substituents is 1. The van der Waals surface area contributed by atoms with Crippen LogP contribution in [0, 0.1) is 3.57 Å². The number of nitrogens with zero attached hydrogens (tertiary/aromatic N) is 1. The monoisotopic (exact) mass is 403 g/mol. The molecule has 1 fully saturated rings. The summed E-state index contributed by atoms with van der Waals surface area (Å²) in [6, 6.07) is 4.86. The maximum Gasteiger partial charge on any atom is 0.303 e. The first kappa shape index (κ1) is 16.1. The van der Waals surface area contributed by atoms with Crippen molar-refractivity contribution in [1.82, 2.24) is 4.90 Å². The number of hydrogen-bond acceptors (Lipinski definition) is 3. The summed E-state index contributed by atoms with van der Waals surface area (Å²) in [7, 11) is 0. The first-order valence-electron chi connectivity index (χ1n) is 7.00. The van der Waals surface area contributed by atoms with Gasteiger partial charge < -0.3 is 15.1 Å². The number of phenols is 1. The van der Waals surface area contributed by atoms with Gasteiger partial charge in [0, 0.05) is 24.6 Å². The Morgan fingerprint density at radius 3 is 2.76 bits per heavy atom. The van der Waals surface area contributed by atoms with E-state index in [-0.39, 0.29) is 24.1 Å². The highest BCUT2D eigenvalue weighted by Crippen LogP contribution is 2.26. The average molecular weight is 403 g/mol. The van der Waals surface area contributed by atoms with Gasteiger partial charge in [0.2, 0.25) is 0 Å². The molecule has 21 heavy (non-hydrogen) atoms. The van der Waals surface area contributed by atoms with Crippen LogP contribution in [0.1, 0.15) is 42.5 Å². The molecule has 1 unspecified atom stereocenters. The van der Waals surface area contributed by atoms with Crippen LogP contribution in [0.2, 0.25) is 0 Å². The van der Waals surface area contributed by atoms with E-state index in [0.717, 1.165) is 19.3 Å². The van der Waals surface area contributed by atoms with E-state index in [1.807, 2.05) is 22.6 Å². The van der Waals surface area contributed by atoms with Crippen molar-refractivity contribution in [1.29, 1.82) is 0 Å². The minimum atomic E-state index is -0.833. The summed E-state index contributed by atoms with van der Waals surface area (Å²) < 4.78 is 0.699. The van der Waals surface area contributed by atoms with E-state index < -0.39 is 5.97 Å². The summed E-state index contributed by atoms with van der Waals surface area (Å²) in [5, 5.41) is 18.5. The van der Waals surface area contributed by atoms with Crippen molar-refractivity contribution >= 4 is 34.5 Å². The van der Waals surface area contributed by atoms with E-state index >= 15 is 0 Å². The lowest BCUT2D eigenvalue weighted by molar-refractivity contribution is -0.137. The number of carbonyl (C=O) groups is 2. The number of halogens is 1. The molecule has 2 N–H and O–H groups in total. The van der Waals surface area contributed by atoms with Gasteiger partial charge in [-0.3, -0.25) is 9.59 Å². The largest absolute Gasteiger partial charge is 0.507 e. The molecule has 0 aliphatic carbocycles. The average Bonchev–Trinajstić information content (AvgIpc) is 2.47. The number of hydrogen-bond donors (Lipinski definition) is 2. The van der Waals surface area contributed by atoms with Crippen LogP contribution in [0.15, 0.2) is 18.2 Å². The van der Waals surface area contributed by atoms with Crippen molar-refractivity contribution in [3.05, 3.63) is 27.3 Å². The number of rotatable bonds is 4. The highest BCUT2D eigenvalue weighted by molar-refractivity contribution is 14.1. The first-order chi connectivity index (χ1) is 9.99. The topological polar surface area (TPSA) is 77.8 Å². The van der Waals surface area contributed by atoms with Crippen molar-refractivity contribution in [2.45, 2.75) is 38.1 Å². The SMILES string of the molecule is O=C(O)CCC1CCCCN1C(=O)c1ccc(I)c(O)c1. The van der Waals surface area contributed by atoms with Crippen LogP contribution in [-0.2, 0) is 4.79 Å². The summed E-state index contributed by atoms with van der Waals surface area (Å²) in [4.78, 5) is 25.1. The predicted octanol–water partition coefficient (Wildman–Crippen LogP) is 2.86. The van der Waals surface area contributed by atoms with Gasteiger partial charge in [0.05, 0.1) is 3.57 Å². The lowest BCUT2D eigenvalue weighted by atomic mass is 9.97. The molecule has 1 heterocycles. The Balaban J connectivity index is 2.13. The molecule has 2 rings (SSSR count). The molecule has 0 aromatic heterocycles. The summed E-state index contributed by atoms with van der Waals surface area (Å²) >= 11 is 2.00. The van der Waals surface area contributed by atoms with E-state index in [1.54, 1.807) is 17.0 Å². The second kappa shape index (κ2) is 7.11. The van der Waals surface area contributed by atoms with Gasteiger partial charge in [-0.15, -0.1) is 0 Å². The van der Waals surface area contributed by atoms with Crippen LogP contribution in [0.4, 0.5) is 0 Å². The lowest BCUT2D eigenvalue weighted by Crippen LogP contribution is -2.44. The van der Waals surface area contributed by atoms with E-state index in [1.165, 1.54) is 6.07 Å². The second-order valence-electron chi connectivity index (χ2n) is 5.25. The Morgan fingerprint density at radius 2 is 2.10 bits per heavy atom. The van der Waals surface area contributed by atoms with Crippen LogP contribution in [0.3, 0.4) is 0 Å². The highest BCUT2D eigenvalue weighted by atomic mass is 127. The van der Waals surface area contributed by atoms with Gasteiger partial charge in [-0.25, -0.2) is 0 Å². The molecule has 1 aliphatic rings. The third-order valence-corrected chi connectivity index (χ3v) is 4.68. The molecular formula is C15H18INO4. The van der Waals surface area contributed by atoms with Crippen molar-refractivity contribution in [3.8, 4) is 5.75 Å². The molecule has 0 saturated carbocycles. The van der Waals surface area contributed by atoms with Gasteiger partial charge in [-0.05, 0) is 66.5 Å². The van der Waals surface area contributed by atoms with E-state index in [0.29, 0.717) is 22.1 Å². The molecule has 1 amide bonds. The minimum Gasteiger partial charge on any atom is -0.507 e. The fourth-order valence-corrected chi connectivity index (χ4v) is 3.01. The van der Waals surface area contributed by atoms with Crippen LogP contribution >= 0.6 is 22.6 Å². The molecule has 0 radical (unpaired) electrons. The Bertz CT molecular complexity index is 546. The van der Waals surface area contributed by atoms with Crippen LogP contribution in [-0.4, -0.2) is 39.6 Å². The number of carbonyl (C=O) groups excluding carboxylic acids is 1. The molecule has 1 atom stereocenters. The second-order valence-corrected chi connectivity index (χ2v) is 6.41.